The van der Waals surface area contributed by atoms with Gasteiger partial charge in [0.25, 0.3) is 0 Å². The van der Waals surface area contributed by atoms with E-state index in [9.17, 15) is 9.18 Å². The van der Waals surface area contributed by atoms with Crippen LogP contribution in [0.5, 0.6) is 5.75 Å². The zero-order valence-corrected chi connectivity index (χ0v) is 20.7. The first-order valence-electron chi connectivity index (χ1n) is 11.7. The highest BCUT2D eigenvalue weighted by Gasteiger charge is 2.27. The predicted octanol–water partition coefficient (Wildman–Crippen LogP) is 4.01. The zero-order valence-electron chi connectivity index (χ0n) is 19.8. The SMILES string of the molecule is C=CCn1c(COc2ccccc2F)nnc1SC(C)C(=O)N1CCN(Cc2ccccc2)CC1. The van der Waals surface area contributed by atoms with Crippen LogP contribution in [0.15, 0.2) is 72.4 Å². The van der Waals surface area contributed by atoms with Crippen LogP contribution in [0.1, 0.15) is 18.3 Å². The number of para-hydroxylation sites is 1. The predicted molar refractivity (Wildman–Crippen MR) is 135 cm³/mol. The molecule has 1 atom stereocenters. The summed E-state index contributed by atoms with van der Waals surface area (Å²) in [4.78, 5) is 17.4. The largest absolute Gasteiger partial charge is 0.483 e. The number of allylic oxidation sites excluding steroid dienone is 1. The number of nitrogens with zero attached hydrogens (tertiary/aromatic N) is 5. The zero-order chi connectivity index (χ0) is 24.6. The van der Waals surface area contributed by atoms with Crippen molar-refractivity contribution in [2.75, 3.05) is 26.2 Å². The van der Waals surface area contributed by atoms with E-state index in [1.165, 1.54) is 23.4 Å². The van der Waals surface area contributed by atoms with Crippen LogP contribution in [-0.4, -0.2) is 61.9 Å². The van der Waals surface area contributed by atoms with Gasteiger partial charge in [-0.05, 0) is 24.6 Å². The second kappa shape index (κ2) is 12.0. The number of carbonyl (C=O) groups excluding carboxylic acids is 1. The van der Waals surface area contributed by atoms with Crippen LogP contribution in [-0.2, 0) is 24.5 Å². The van der Waals surface area contributed by atoms with Crippen LogP contribution >= 0.6 is 11.8 Å². The molecule has 2 aromatic carbocycles. The molecule has 1 aromatic heterocycles. The van der Waals surface area contributed by atoms with Crippen molar-refractivity contribution in [3.63, 3.8) is 0 Å². The molecule has 0 saturated carbocycles. The van der Waals surface area contributed by atoms with Crippen molar-refractivity contribution >= 4 is 17.7 Å². The highest BCUT2D eigenvalue weighted by molar-refractivity contribution is 8.00. The molecule has 184 valence electrons. The number of ether oxygens (including phenoxy) is 1. The van der Waals surface area contributed by atoms with E-state index in [-0.39, 0.29) is 23.5 Å². The van der Waals surface area contributed by atoms with Crippen molar-refractivity contribution in [1.82, 2.24) is 24.6 Å². The van der Waals surface area contributed by atoms with Crippen molar-refractivity contribution in [2.45, 2.75) is 37.0 Å². The number of hydrogen-bond acceptors (Lipinski definition) is 6. The van der Waals surface area contributed by atoms with Crippen molar-refractivity contribution < 1.29 is 13.9 Å². The number of amides is 1. The maximum absolute atomic E-state index is 13.9. The summed E-state index contributed by atoms with van der Waals surface area (Å²) in [7, 11) is 0. The Bertz CT molecular complexity index is 1130. The molecule has 1 aliphatic heterocycles. The van der Waals surface area contributed by atoms with E-state index < -0.39 is 5.82 Å². The smallest absolute Gasteiger partial charge is 0.235 e. The van der Waals surface area contributed by atoms with Crippen LogP contribution in [0.25, 0.3) is 0 Å². The molecule has 4 rings (SSSR count). The third-order valence-corrected chi connectivity index (χ3v) is 6.93. The lowest BCUT2D eigenvalue weighted by molar-refractivity contribution is -0.132. The summed E-state index contributed by atoms with van der Waals surface area (Å²) >= 11 is 1.37. The number of hydrogen-bond donors (Lipinski definition) is 0. The molecule has 0 spiro atoms. The third kappa shape index (κ3) is 6.49. The second-order valence-electron chi connectivity index (χ2n) is 8.36. The van der Waals surface area contributed by atoms with Crippen LogP contribution < -0.4 is 4.74 Å². The minimum Gasteiger partial charge on any atom is -0.483 e. The summed E-state index contributed by atoms with van der Waals surface area (Å²) in [6.45, 7) is 10.2. The van der Waals surface area contributed by atoms with E-state index in [1.54, 1.807) is 24.3 Å². The topological polar surface area (TPSA) is 63.5 Å². The van der Waals surface area contributed by atoms with Gasteiger partial charge in [-0.2, -0.15) is 0 Å². The number of benzene rings is 2. The average molecular weight is 496 g/mol. The summed E-state index contributed by atoms with van der Waals surface area (Å²) in [5, 5.41) is 8.79. The molecule has 1 fully saturated rings. The highest BCUT2D eigenvalue weighted by Crippen LogP contribution is 2.25. The highest BCUT2D eigenvalue weighted by atomic mass is 32.2. The second-order valence-corrected chi connectivity index (χ2v) is 9.67. The van der Waals surface area contributed by atoms with Gasteiger partial charge in [-0.25, -0.2) is 4.39 Å². The number of rotatable bonds is 10. The lowest BCUT2D eigenvalue weighted by Crippen LogP contribution is -2.50. The summed E-state index contributed by atoms with van der Waals surface area (Å²) < 4.78 is 21.3. The van der Waals surface area contributed by atoms with Gasteiger partial charge in [0.2, 0.25) is 5.91 Å². The van der Waals surface area contributed by atoms with Gasteiger partial charge in [-0.3, -0.25) is 14.3 Å². The Morgan fingerprint density at radius 1 is 1.11 bits per heavy atom. The van der Waals surface area contributed by atoms with Gasteiger partial charge in [-0.15, -0.1) is 16.8 Å². The lowest BCUT2D eigenvalue weighted by Gasteiger charge is -2.35. The van der Waals surface area contributed by atoms with E-state index in [0.717, 1.165) is 19.6 Å². The molecule has 1 amide bonds. The van der Waals surface area contributed by atoms with Gasteiger partial charge in [0.15, 0.2) is 22.5 Å². The molecule has 0 aliphatic carbocycles. The van der Waals surface area contributed by atoms with Gasteiger partial charge >= 0.3 is 0 Å². The average Bonchev–Trinajstić information content (AvgIpc) is 3.25. The number of piperazine rings is 1. The summed E-state index contributed by atoms with van der Waals surface area (Å²) in [5.74, 6) is 0.362. The molecule has 2 heterocycles. The van der Waals surface area contributed by atoms with Gasteiger partial charge in [0.05, 0.1) is 5.25 Å². The fraction of sp³-hybridized carbons (Fsp3) is 0.346. The van der Waals surface area contributed by atoms with Crippen molar-refractivity contribution in [2.24, 2.45) is 0 Å². The molecule has 0 radical (unpaired) electrons. The van der Waals surface area contributed by atoms with Crippen molar-refractivity contribution in [1.29, 1.82) is 0 Å². The Morgan fingerprint density at radius 2 is 1.83 bits per heavy atom. The fourth-order valence-corrected chi connectivity index (χ4v) is 4.92. The molecule has 3 aromatic rings. The molecule has 1 unspecified atom stereocenters. The summed E-state index contributed by atoms with van der Waals surface area (Å²) in [6, 6.07) is 16.6. The molecule has 7 nitrogen and oxygen atoms in total. The van der Waals surface area contributed by atoms with Crippen molar-refractivity contribution in [3.8, 4) is 5.75 Å². The maximum atomic E-state index is 13.9. The van der Waals surface area contributed by atoms with Crippen LogP contribution in [0.4, 0.5) is 4.39 Å². The number of thioether (sulfide) groups is 1. The molecular formula is C26H30FN5O2S. The molecule has 35 heavy (non-hydrogen) atoms. The first kappa shape index (κ1) is 24.9. The van der Waals surface area contributed by atoms with E-state index in [0.29, 0.717) is 30.6 Å². The minimum atomic E-state index is -0.431. The molecule has 1 saturated heterocycles. The van der Waals surface area contributed by atoms with E-state index in [1.807, 2.05) is 22.5 Å². The monoisotopic (exact) mass is 495 g/mol. The van der Waals surface area contributed by atoms with Crippen molar-refractivity contribution in [3.05, 3.63) is 84.5 Å². The Balaban J connectivity index is 1.33. The molecule has 9 heteroatoms. The minimum absolute atomic E-state index is 0.0635. The number of carbonyl (C=O) groups is 1. The number of halogens is 1. The Hall–Kier alpha value is -3.17. The van der Waals surface area contributed by atoms with E-state index in [2.05, 4.69) is 45.9 Å². The van der Waals surface area contributed by atoms with Crippen LogP contribution in [0.2, 0.25) is 0 Å². The van der Waals surface area contributed by atoms with E-state index >= 15 is 0 Å². The molecule has 1 aliphatic rings. The first-order valence-corrected chi connectivity index (χ1v) is 12.5. The standard InChI is InChI=1S/C26H30FN5O2S/c1-3-13-32-24(19-34-23-12-8-7-11-22(23)27)28-29-26(32)35-20(2)25(33)31-16-14-30(15-17-31)18-21-9-5-4-6-10-21/h3-12,20H,1,13-19H2,2H3. The Labute approximate surface area is 209 Å². The van der Waals surface area contributed by atoms with Gasteiger partial charge in [-0.1, -0.05) is 60.3 Å². The lowest BCUT2D eigenvalue weighted by atomic mass is 10.2. The van der Waals surface area contributed by atoms with Gasteiger partial charge in [0.1, 0.15) is 6.61 Å². The maximum Gasteiger partial charge on any atom is 0.235 e. The molecule has 0 N–H and O–H groups in total. The fourth-order valence-electron chi connectivity index (χ4n) is 3.96. The Kier molecular flexibility index (Phi) is 8.54. The summed E-state index contributed by atoms with van der Waals surface area (Å²) in [5.41, 5.74) is 1.28. The summed E-state index contributed by atoms with van der Waals surface area (Å²) in [6.07, 6.45) is 1.73. The normalized spacial score (nSPS) is 15.1. The van der Waals surface area contributed by atoms with Gasteiger partial charge in [0, 0.05) is 39.3 Å². The Morgan fingerprint density at radius 3 is 2.54 bits per heavy atom. The van der Waals surface area contributed by atoms with E-state index in [4.69, 9.17) is 4.74 Å². The van der Waals surface area contributed by atoms with Crippen LogP contribution in [0, 0.1) is 5.82 Å². The molecular weight excluding hydrogens is 465 g/mol. The van der Waals surface area contributed by atoms with Gasteiger partial charge < -0.3 is 9.64 Å². The van der Waals surface area contributed by atoms with Crippen LogP contribution in [0.3, 0.4) is 0 Å². The first-order chi connectivity index (χ1) is 17.0. The third-order valence-electron chi connectivity index (χ3n) is 5.86. The number of aromatic nitrogens is 3. The quantitative estimate of drug-likeness (QED) is 0.313. The molecule has 0 bridgehead atoms.